The van der Waals surface area contributed by atoms with E-state index in [-0.39, 0.29) is 6.17 Å². The molecule has 0 spiro atoms. The van der Waals surface area contributed by atoms with Gasteiger partial charge in [-0.05, 0) is 12.5 Å². The third kappa shape index (κ3) is 2.62. The van der Waals surface area contributed by atoms with Crippen LogP contribution in [0.15, 0.2) is 30.3 Å². The number of nitrogens with two attached hydrogens (primary N) is 1. The Balaban J connectivity index is 2.48. The summed E-state index contributed by atoms with van der Waals surface area (Å²) in [6.45, 7) is 2.52. The molecule has 1 aromatic carbocycles. The molecule has 3 N–H and O–H groups in total. The molecular weight excluding hydrogens is 152 g/mol. The van der Waals surface area contributed by atoms with E-state index in [9.17, 15) is 0 Å². The molecule has 0 radical (unpaired) electrons. The fourth-order valence-corrected chi connectivity index (χ4v) is 0.902. The van der Waals surface area contributed by atoms with E-state index in [4.69, 9.17) is 10.6 Å². The van der Waals surface area contributed by atoms with Gasteiger partial charge < -0.3 is 10.6 Å². The molecule has 3 nitrogen and oxygen atoms in total. The van der Waals surface area contributed by atoms with Gasteiger partial charge in [-0.2, -0.15) is 5.48 Å². The molecule has 0 fully saturated rings. The van der Waals surface area contributed by atoms with E-state index in [1.807, 2.05) is 37.3 Å². The minimum absolute atomic E-state index is 0.244. The van der Waals surface area contributed by atoms with Crippen molar-refractivity contribution in [3.05, 3.63) is 35.9 Å². The van der Waals surface area contributed by atoms with Crippen LogP contribution in [0.1, 0.15) is 18.7 Å². The van der Waals surface area contributed by atoms with Gasteiger partial charge in [0.2, 0.25) is 0 Å². The fraction of sp³-hybridized carbons (Fsp3) is 0.333. The molecule has 0 saturated heterocycles. The third-order valence-corrected chi connectivity index (χ3v) is 1.51. The SMILES string of the molecule is CCONC(N)c1ccccc1. The number of hydrogen-bond donors (Lipinski definition) is 2. The minimum Gasteiger partial charge on any atom is -0.310 e. The average Bonchev–Trinajstić information content (AvgIpc) is 2.15. The monoisotopic (exact) mass is 166 g/mol. The average molecular weight is 166 g/mol. The lowest BCUT2D eigenvalue weighted by Crippen LogP contribution is -2.28. The normalized spacial score (nSPS) is 12.8. The lowest BCUT2D eigenvalue weighted by atomic mass is 10.2. The molecule has 0 bridgehead atoms. The topological polar surface area (TPSA) is 47.3 Å². The molecule has 3 heteroatoms. The lowest BCUT2D eigenvalue weighted by Gasteiger charge is -2.12. The standard InChI is InChI=1S/C9H14N2O/c1-2-12-11-9(10)8-6-4-3-5-7-8/h3-7,9,11H,2,10H2,1H3. The molecule has 0 heterocycles. The summed E-state index contributed by atoms with van der Waals surface area (Å²) < 4.78 is 0. The van der Waals surface area contributed by atoms with Crippen molar-refractivity contribution >= 4 is 0 Å². The van der Waals surface area contributed by atoms with Crippen molar-refractivity contribution in [3.8, 4) is 0 Å². The number of nitrogens with one attached hydrogen (secondary N) is 1. The van der Waals surface area contributed by atoms with Crippen LogP contribution in [-0.4, -0.2) is 6.61 Å². The minimum atomic E-state index is -0.244. The number of rotatable bonds is 4. The van der Waals surface area contributed by atoms with Gasteiger partial charge in [0.05, 0.1) is 6.61 Å². The van der Waals surface area contributed by atoms with Crippen molar-refractivity contribution < 1.29 is 4.84 Å². The van der Waals surface area contributed by atoms with Crippen molar-refractivity contribution in [3.63, 3.8) is 0 Å². The number of hydrogen-bond acceptors (Lipinski definition) is 3. The Morgan fingerprint density at radius 3 is 2.67 bits per heavy atom. The molecule has 0 aliphatic heterocycles. The lowest BCUT2D eigenvalue weighted by molar-refractivity contribution is 0.0255. The first-order valence-electron chi connectivity index (χ1n) is 4.02. The van der Waals surface area contributed by atoms with Crippen molar-refractivity contribution in [1.29, 1.82) is 0 Å². The van der Waals surface area contributed by atoms with Crippen molar-refractivity contribution in [2.45, 2.75) is 13.1 Å². The first kappa shape index (κ1) is 9.19. The molecule has 1 atom stereocenters. The van der Waals surface area contributed by atoms with Crippen molar-refractivity contribution in [1.82, 2.24) is 5.48 Å². The first-order valence-corrected chi connectivity index (χ1v) is 4.02. The maximum absolute atomic E-state index is 5.74. The van der Waals surface area contributed by atoms with Crippen LogP contribution in [0, 0.1) is 0 Å². The smallest absolute Gasteiger partial charge is 0.104 e. The van der Waals surface area contributed by atoms with Crippen LogP contribution in [0.2, 0.25) is 0 Å². The summed E-state index contributed by atoms with van der Waals surface area (Å²) in [7, 11) is 0. The molecule has 1 unspecified atom stereocenters. The highest BCUT2D eigenvalue weighted by atomic mass is 16.6. The van der Waals surface area contributed by atoms with E-state index < -0.39 is 0 Å². The van der Waals surface area contributed by atoms with Gasteiger partial charge in [0.1, 0.15) is 6.17 Å². The Labute approximate surface area is 72.5 Å². The third-order valence-electron chi connectivity index (χ3n) is 1.51. The van der Waals surface area contributed by atoms with Crippen LogP contribution in [-0.2, 0) is 4.84 Å². The molecule has 1 aromatic rings. The van der Waals surface area contributed by atoms with Gasteiger partial charge in [0, 0.05) is 0 Å². The summed E-state index contributed by atoms with van der Waals surface area (Å²) in [5.41, 5.74) is 9.49. The van der Waals surface area contributed by atoms with Crippen molar-refractivity contribution in [2.24, 2.45) is 5.73 Å². The van der Waals surface area contributed by atoms with Gasteiger partial charge in [-0.1, -0.05) is 30.3 Å². The highest BCUT2D eigenvalue weighted by molar-refractivity contribution is 5.17. The van der Waals surface area contributed by atoms with E-state index >= 15 is 0 Å². The Morgan fingerprint density at radius 2 is 2.08 bits per heavy atom. The van der Waals surface area contributed by atoms with Crippen LogP contribution in [0.25, 0.3) is 0 Å². The van der Waals surface area contributed by atoms with Crippen LogP contribution < -0.4 is 11.2 Å². The molecule has 12 heavy (non-hydrogen) atoms. The molecule has 0 amide bonds. The largest absolute Gasteiger partial charge is 0.310 e. The molecular formula is C9H14N2O. The Kier molecular flexibility index (Phi) is 3.73. The van der Waals surface area contributed by atoms with E-state index in [2.05, 4.69) is 5.48 Å². The zero-order valence-electron chi connectivity index (χ0n) is 7.16. The zero-order valence-corrected chi connectivity index (χ0v) is 7.16. The second-order valence-corrected chi connectivity index (χ2v) is 2.44. The maximum atomic E-state index is 5.74. The van der Waals surface area contributed by atoms with Gasteiger partial charge in [0.25, 0.3) is 0 Å². The number of benzene rings is 1. The van der Waals surface area contributed by atoms with Gasteiger partial charge in [-0.3, -0.25) is 0 Å². The van der Waals surface area contributed by atoms with Crippen molar-refractivity contribution in [2.75, 3.05) is 6.61 Å². The molecule has 0 aliphatic carbocycles. The highest BCUT2D eigenvalue weighted by Gasteiger charge is 2.02. The summed E-state index contributed by atoms with van der Waals surface area (Å²) in [6.07, 6.45) is -0.244. The molecule has 1 rings (SSSR count). The summed E-state index contributed by atoms with van der Waals surface area (Å²) in [5, 5.41) is 0. The maximum Gasteiger partial charge on any atom is 0.104 e. The van der Waals surface area contributed by atoms with Crippen LogP contribution in [0.5, 0.6) is 0 Å². The van der Waals surface area contributed by atoms with Gasteiger partial charge >= 0.3 is 0 Å². The van der Waals surface area contributed by atoms with Gasteiger partial charge in [-0.25, -0.2) is 0 Å². The van der Waals surface area contributed by atoms with Crippen LogP contribution in [0.3, 0.4) is 0 Å². The van der Waals surface area contributed by atoms with Gasteiger partial charge in [0.15, 0.2) is 0 Å². The Hall–Kier alpha value is -0.900. The predicted octanol–water partition coefficient (Wildman–Crippen LogP) is 1.19. The zero-order chi connectivity index (χ0) is 8.81. The summed E-state index contributed by atoms with van der Waals surface area (Å²) >= 11 is 0. The van der Waals surface area contributed by atoms with Crippen LogP contribution >= 0.6 is 0 Å². The summed E-state index contributed by atoms with van der Waals surface area (Å²) in [4.78, 5) is 4.97. The predicted molar refractivity (Wildman–Crippen MR) is 48.1 cm³/mol. The summed E-state index contributed by atoms with van der Waals surface area (Å²) in [5.74, 6) is 0. The Morgan fingerprint density at radius 1 is 1.42 bits per heavy atom. The second-order valence-electron chi connectivity index (χ2n) is 2.44. The molecule has 0 aromatic heterocycles. The fourth-order valence-electron chi connectivity index (χ4n) is 0.902. The second kappa shape index (κ2) is 4.87. The Bertz CT molecular complexity index is 213. The molecule has 0 saturated carbocycles. The molecule has 66 valence electrons. The van der Waals surface area contributed by atoms with E-state index in [1.54, 1.807) is 0 Å². The van der Waals surface area contributed by atoms with E-state index in [0.29, 0.717) is 6.61 Å². The summed E-state index contributed by atoms with van der Waals surface area (Å²) in [6, 6.07) is 9.76. The quantitative estimate of drug-likeness (QED) is 0.521. The van der Waals surface area contributed by atoms with Crippen LogP contribution in [0.4, 0.5) is 0 Å². The number of hydroxylamine groups is 1. The first-order chi connectivity index (χ1) is 5.84. The van der Waals surface area contributed by atoms with E-state index in [1.165, 1.54) is 0 Å². The highest BCUT2D eigenvalue weighted by Crippen LogP contribution is 2.05. The van der Waals surface area contributed by atoms with E-state index in [0.717, 1.165) is 5.56 Å². The van der Waals surface area contributed by atoms with Gasteiger partial charge in [-0.15, -0.1) is 0 Å². The molecule has 0 aliphatic rings.